The fourth-order valence-corrected chi connectivity index (χ4v) is 2.75. The Morgan fingerprint density at radius 3 is 2.63 bits per heavy atom. The smallest absolute Gasteiger partial charge is 0.224 e. The number of nitrogens with zero attached hydrogens (tertiary/aromatic N) is 1. The topological polar surface area (TPSA) is 38.8 Å². The zero-order valence-corrected chi connectivity index (χ0v) is 12.3. The molecule has 2 atom stereocenters. The number of rotatable bonds is 4. The normalized spacial score (nSPS) is 20.5. The van der Waals surface area contributed by atoms with Crippen LogP contribution in [-0.2, 0) is 4.79 Å². The Bertz CT molecular complexity index is 478. The summed E-state index contributed by atoms with van der Waals surface area (Å²) in [6.45, 7) is 2.67. The number of hydrogen-bond donors (Lipinski definition) is 1. The van der Waals surface area contributed by atoms with Crippen molar-refractivity contribution in [2.45, 2.75) is 24.6 Å². The molecule has 1 fully saturated rings. The van der Waals surface area contributed by atoms with Gasteiger partial charge in [0.05, 0.1) is 20.3 Å². The second kappa shape index (κ2) is 5.74. The second-order valence-electron chi connectivity index (χ2n) is 4.69. The Morgan fingerprint density at radius 1 is 1.37 bits per heavy atom. The fourth-order valence-electron chi connectivity index (χ4n) is 2.42. The summed E-state index contributed by atoms with van der Waals surface area (Å²) < 4.78 is 10.6. The molecule has 1 heterocycles. The van der Waals surface area contributed by atoms with Crippen molar-refractivity contribution in [3.05, 3.63) is 23.8 Å². The summed E-state index contributed by atoms with van der Waals surface area (Å²) in [7, 11) is 3.26. The summed E-state index contributed by atoms with van der Waals surface area (Å²) in [5, 5.41) is 0.117. The van der Waals surface area contributed by atoms with Gasteiger partial charge < -0.3 is 14.4 Å². The van der Waals surface area contributed by atoms with Crippen LogP contribution in [-0.4, -0.2) is 36.8 Å². The van der Waals surface area contributed by atoms with Gasteiger partial charge in [0.1, 0.15) is 11.5 Å². The number of likely N-dealkylation sites (tertiary alicyclic amines) is 1. The van der Waals surface area contributed by atoms with Gasteiger partial charge in [-0.3, -0.25) is 4.79 Å². The highest BCUT2D eigenvalue weighted by Crippen LogP contribution is 2.35. The summed E-state index contributed by atoms with van der Waals surface area (Å²) in [4.78, 5) is 13.8. The molecule has 19 heavy (non-hydrogen) atoms. The predicted molar refractivity (Wildman–Crippen MR) is 77.1 cm³/mol. The number of hydrogen-bond acceptors (Lipinski definition) is 4. The average Bonchev–Trinajstić information content (AvgIpc) is 2.76. The van der Waals surface area contributed by atoms with Crippen LogP contribution in [0.2, 0.25) is 0 Å². The van der Waals surface area contributed by atoms with E-state index in [9.17, 15) is 4.79 Å². The van der Waals surface area contributed by atoms with E-state index in [0.717, 1.165) is 17.1 Å². The van der Waals surface area contributed by atoms with Crippen LogP contribution in [0.5, 0.6) is 11.5 Å². The lowest BCUT2D eigenvalue weighted by Crippen LogP contribution is -2.28. The quantitative estimate of drug-likeness (QED) is 0.861. The molecule has 1 aromatic carbocycles. The van der Waals surface area contributed by atoms with Gasteiger partial charge in [-0.25, -0.2) is 0 Å². The van der Waals surface area contributed by atoms with Crippen molar-refractivity contribution in [2.75, 3.05) is 20.8 Å². The molecule has 2 unspecified atom stereocenters. The van der Waals surface area contributed by atoms with Gasteiger partial charge in [0.25, 0.3) is 0 Å². The molecule has 0 saturated carbocycles. The van der Waals surface area contributed by atoms with Crippen LogP contribution in [0.3, 0.4) is 0 Å². The summed E-state index contributed by atoms with van der Waals surface area (Å²) >= 11 is 4.39. The van der Waals surface area contributed by atoms with Crippen LogP contribution >= 0.6 is 12.6 Å². The van der Waals surface area contributed by atoms with E-state index in [2.05, 4.69) is 12.6 Å². The maximum atomic E-state index is 12.0. The number of carbonyl (C=O) groups is 1. The summed E-state index contributed by atoms with van der Waals surface area (Å²) in [6, 6.07) is 5.59. The van der Waals surface area contributed by atoms with E-state index < -0.39 is 0 Å². The number of amides is 1. The zero-order chi connectivity index (χ0) is 14.0. The molecule has 5 heteroatoms. The summed E-state index contributed by atoms with van der Waals surface area (Å²) in [6.07, 6.45) is 0.500. The van der Waals surface area contributed by atoms with Gasteiger partial charge in [0.15, 0.2) is 0 Å². The van der Waals surface area contributed by atoms with Crippen molar-refractivity contribution in [1.29, 1.82) is 0 Å². The number of benzene rings is 1. The SMILES string of the molecule is COc1ccc(OC)c(C(C)N2CC(S)CC2=O)c1. The van der Waals surface area contributed by atoms with Crippen molar-refractivity contribution in [3.8, 4) is 11.5 Å². The van der Waals surface area contributed by atoms with Gasteiger partial charge in [0, 0.05) is 23.8 Å². The van der Waals surface area contributed by atoms with E-state index in [1.54, 1.807) is 14.2 Å². The maximum absolute atomic E-state index is 12.0. The van der Waals surface area contributed by atoms with Gasteiger partial charge in [-0.15, -0.1) is 0 Å². The van der Waals surface area contributed by atoms with Gasteiger partial charge in [0.2, 0.25) is 5.91 Å². The summed E-state index contributed by atoms with van der Waals surface area (Å²) in [5.74, 6) is 1.66. The Hall–Kier alpha value is -1.36. The van der Waals surface area contributed by atoms with E-state index in [4.69, 9.17) is 9.47 Å². The van der Waals surface area contributed by atoms with E-state index in [-0.39, 0.29) is 17.2 Å². The van der Waals surface area contributed by atoms with Crippen LogP contribution in [0.15, 0.2) is 18.2 Å². The van der Waals surface area contributed by atoms with Crippen molar-refractivity contribution in [3.63, 3.8) is 0 Å². The third kappa shape index (κ3) is 2.81. The Morgan fingerprint density at radius 2 is 2.11 bits per heavy atom. The Labute approximate surface area is 119 Å². The number of thiol groups is 1. The highest BCUT2D eigenvalue weighted by atomic mass is 32.1. The van der Waals surface area contributed by atoms with Crippen molar-refractivity contribution < 1.29 is 14.3 Å². The maximum Gasteiger partial charge on any atom is 0.224 e. The molecule has 0 radical (unpaired) electrons. The van der Waals surface area contributed by atoms with Crippen molar-refractivity contribution >= 4 is 18.5 Å². The van der Waals surface area contributed by atoms with Crippen molar-refractivity contribution in [1.82, 2.24) is 4.90 Å². The molecule has 0 N–H and O–H groups in total. The molecule has 0 aliphatic carbocycles. The van der Waals surface area contributed by atoms with Crippen LogP contribution in [0.25, 0.3) is 0 Å². The zero-order valence-electron chi connectivity index (χ0n) is 11.4. The monoisotopic (exact) mass is 281 g/mol. The van der Waals surface area contributed by atoms with E-state index >= 15 is 0 Å². The van der Waals surface area contributed by atoms with E-state index in [0.29, 0.717) is 13.0 Å². The Kier molecular flexibility index (Phi) is 4.24. The molecule has 1 aliphatic heterocycles. The molecular formula is C14H19NO3S. The molecule has 0 spiro atoms. The van der Waals surface area contributed by atoms with Crippen LogP contribution in [0.1, 0.15) is 24.9 Å². The number of carbonyl (C=O) groups excluding carboxylic acids is 1. The first-order valence-corrected chi connectivity index (χ1v) is 6.78. The molecule has 0 bridgehead atoms. The molecule has 4 nitrogen and oxygen atoms in total. The molecule has 1 saturated heterocycles. The van der Waals surface area contributed by atoms with Gasteiger partial charge in [-0.2, -0.15) is 12.6 Å². The van der Waals surface area contributed by atoms with Crippen LogP contribution in [0.4, 0.5) is 0 Å². The third-order valence-corrected chi connectivity index (χ3v) is 3.84. The minimum atomic E-state index is -0.0466. The molecule has 0 aromatic heterocycles. The van der Waals surface area contributed by atoms with Crippen LogP contribution < -0.4 is 9.47 Å². The van der Waals surface area contributed by atoms with Gasteiger partial charge in [-0.05, 0) is 25.1 Å². The first kappa shape index (κ1) is 14.1. The summed E-state index contributed by atoms with van der Waals surface area (Å²) in [5.41, 5.74) is 0.956. The molecular weight excluding hydrogens is 262 g/mol. The van der Waals surface area contributed by atoms with E-state index in [1.807, 2.05) is 30.0 Å². The number of ether oxygens (including phenoxy) is 2. The standard InChI is InChI=1S/C14H19NO3S/c1-9(15-8-11(19)7-14(15)16)12-6-10(17-2)4-5-13(12)18-3/h4-6,9,11,19H,7-8H2,1-3H3. The molecule has 104 valence electrons. The first-order valence-electron chi connectivity index (χ1n) is 6.26. The minimum absolute atomic E-state index is 0.0466. The Balaban J connectivity index is 2.31. The second-order valence-corrected chi connectivity index (χ2v) is 5.42. The molecule has 1 aliphatic rings. The molecule has 1 aromatic rings. The lowest BCUT2D eigenvalue weighted by molar-refractivity contribution is -0.129. The predicted octanol–water partition coefficient (Wildman–Crippen LogP) is 2.30. The minimum Gasteiger partial charge on any atom is -0.497 e. The van der Waals surface area contributed by atoms with Crippen LogP contribution in [0, 0.1) is 0 Å². The molecule has 2 rings (SSSR count). The van der Waals surface area contributed by atoms with Crippen molar-refractivity contribution in [2.24, 2.45) is 0 Å². The highest BCUT2D eigenvalue weighted by molar-refractivity contribution is 7.81. The largest absolute Gasteiger partial charge is 0.497 e. The van der Waals surface area contributed by atoms with Gasteiger partial charge in [-0.1, -0.05) is 0 Å². The number of methoxy groups -OCH3 is 2. The average molecular weight is 281 g/mol. The fraction of sp³-hybridized carbons (Fsp3) is 0.500. The molecule has 1 amide bonds. The lowest BCUT2D eigenvalue weighted by atomic mass is 10.1. The lowest BCUT2D eigenvalue weighted by Gasteiger charge is -2.26. The third-order valence-electron chi connectivity index (χ3n) is 3.49. The van der Waals surface area contributed by atoms with E-state index in [1.165, 1.54) is 0 Å². The highest BCUT2D eigenvalue weighted by Gasteiger charge is 2.32. The first-order chi connectivity index (χ1) is 9.06. The van der Waals surface area contributed by atoms with Gasteiger partial charge >= 0.3 is 0 Å².